The molecule has 0 rings (SSSR count). The van der Waals surface area contributed by atoms with Crippen molar-refractivity contribution in [3.05, 3.63) is 0 Å². The zero-order valence-corrected chi connectivity index (χ0v) is 12.5. The second-order valence-corrected chi connectivity index (χ2v) is 6.15. The van der Waals surface area contributed by atoms with Gasteiger partial charge in [-0.15, -0.1) is 0 Å². The van der Waals surface area contributed by atoms with Gasteiger partial charge in [0.15, 0.2) is 20.8 Å². The normalized spacial score (nSPS) is 19.4. The summed E-state index contributed by atoms with van der Waals surface area (Å²) in [5, 5.41) is 0. The molecule has 0 aromatic heterocycles. The number of hydrogen-bond acceptors (Lipinski definition) is 0. The smallest absolute Gasteiger partial charge is 0.244 e. The molecular weight excluding hydrogens is 407 g/mol. The molecule has 0 aliphatic heterocycles. The Morgan fingerprint density at radius 1 is 0.652 bits per heavy atom. The highest BCUT2D eigenvalue weighted by molar-refractivity contribution is 6.94. The van der Waals surface area contributed by atoms with E-state index < -0.39 is 57.1 Å². The van der Waals surface area contributed by atoms with Crippen LogP contribution in [0, 0.1) is 0 Å². The molecule has 0 amide bonds. The van der Waals surface area contributed by atoms with Crippen molar-refractivity contribution in [2.24, 2.45) is 0 Å². The van der Waals surface area contributed by atoms with Crippen LogP contribution < -0.4 is 0 Å². The summed E-state index contributed by atoms with van der Waals surface area (Å²) >= 11 is 4.55. The molecule has 3 unspecified atom stereocenters. The van der Waals surface area contributed by atoms with Crippen molar-refractivity contribution in [1.29, 1.82) is 0 Å². The Bertz CT molecular complexity index is 399. The third-order valence-corrected chi connectivity index (χ3v) is 4.22. The maximum absolute atomic E-state index is 13.0. The number of halogens is 14. The van der Waals surface area contributed by atoms with Crippen LogP contribution in [0.5, 0.6) is 0 Å². The van der Waals surface area contributed by atoms with Gasteiger partial charge >= 0.3 is 23.7 Å². The Morgan fingerprint density at radius 3 is 1.30 bits per heavy atom. The van der Waals surface area contributed by atoms with E-state index in [1.54, 1.807) is 0 Å². The lowest BCUT2D eigenvalue weighted by Gasteiger charge is -2.38. The van der Waals surface area contributed by atoms with Crippen molar-refractivity contribution in [3.8, 4) is 0 Å². The lowest BCUT2D eigenvalue weighted by molar-refractivity contribution is -0.383. The van der Waals surface area contributed by atoms with Crippen LogP contribution in [-0.2, 0) is 0 Å². The van der Waals surface area contributed by atoms with Gasteiger partial charge in [-0.1, -0.05) is 0 Å². The molecule has 0 aliphatic rings. The summed E-state index contributed by atoms with van der Waals surface area (Å²) < 4.78 is 165. The summed E-state index contributed by atoms with van der Waals surface area (Å²) in [6, 6.07) is 0. The minimum absolute atomic E-state index is 3.29. The fraction of sp³-hybridized carbons (Fsp3) is 1.00. The van der Waals surface area contributed by atoms with Crippen molar-refractivity contribution in [2.45, 2.75) is 48.3 Å². The SMILES string of the molecule is FC(F)C(F)C(F)C(F)(F)C(F)(F)C(F)(F)C(F)(F)C(F)[SiH2]Cl. The van der Waals surface area contributed by atoms with Crippen molar-refractivity contribution in [1.82, 2.24) is 0 Å². The zero-order chi connectivity index (χ0) is 19.0. The van der Waals surface area contributed by atoms with Gasteiger partial charge in [0, 0.05) is 0 Å². The van der Waals surface area contributed by atoms with E-state index in [1.165, 1.54) is 0 Å². The van der Waals surface area contributed by atoms with Gasteiger partial charge in [0.05, 0.1) is 0 Å². The lowest BCUT2D eigenvalue weighted by Crippen LogP contribution is -2.68. The van der Waals surface area contributed by atoms with Crippen molar-refractivity contribution >= 4 is 19.9 Å². The highest BCUT2D eigenvalue weighted by Crippen LogP contribution is 2.56. The summed E-state index contributed by atoms with van der Waals surface area (Å²) in [6.45, 7) is 0. The molecule has 0 fully saturated rings. The van der Waals surface area contributed by atoms with Gasteiger partial charge in [0.1, 0.15) is 0 Å². The van der Waals surface area contributed by atoms with E-state index >= 15 is 0 Å². The number of hydrogen-bond donors (Lipinski definition) is 0. The minimum atomic E-state index is -7.40. The molecular formula is C8H6ClF13Si. The maximum atomic E-state index is 13.0. The summed E-state index contributed by atoms with van der Waals surface area (Å²) in [5.74, 6) is -32.2. The van der Waals surface area contributed by atoms with E-state index in [4.69, 9.17) is 0 Å². The first kappa shape index (κ1) is 22.6. The van der Waals surface area contributed by atoms with Crippen molar-refractivity contribution in [3.63, 3.8) is 0 Å². The van der Waals surface area contributed by atoms with E-state index in [0.29, 0.717) is 0 Å². The van der Waals surface area contributed by atoms with Gasteiger partial charge in [0.2, 0.25) is 6.17 Å². The van der Waals surface area contributed by atoms with Gasteiger partial charge in [-0.2, -0.15) is 46.2 Å². The fourth-order valence-corrected chi connectivity index (χ4v) is 2.24. The third kappa shape index (κ3) is 3.51. The van der Waals surface area contributed by atoms with Crippen LogP contribution in [0.2, 0.25) is 0 Å². The molecule has 0 saturated carbocycles. The average molecular weight is 413 g/mol. The van der Waals surface area contributed by atoms with Crippen LogP contribution in [0.25, 0.3) is 0 Å². The van der Waals surface area contributed by atoms with E-state index in [9.17, 15) is 57.1 Å². The Morgan fingerprint density at radius 2 is 1.00 bits per heavy atom. The average Bonchev–Trinajstić information content (AvgIpc) is 2.43. The lowest BCUT2D eigenvalue weighted by atomic mass is 9.94. The van der Waals surface area contributed by atoms with Crippen LogP contribution in [0.15, 0.2) is 0 Å². The second kappa shape index (κ2) is 6.84. The van der Waals surface area contributed by atoms with Gasteiger partial charge in [0.25, 0.3) is 6.43 Å². The molecule has 0 aromatic carbocycles. The van der Waals surface area contributed by atoms with Gasteiger partial charge in [-0.25, -0.2) is 22.0 Å². The maximum Gasteiger partial charge on any atom is 0.381 e. The van der Waals surface area contributed by atoms with Crippen LogP contribution >= 0.6 is 11.1 Å². The quantitative estimate of drug-likeness (QED) is 0.320. The first-order chi connectivity index (χ1) is 10.00. The zero-order valence-electron chi connectivity index (χ0n) is 10.3. The van der Waals surface area contributed by atoms with E-state index in [-0.39, 0.29) is 0 Å². The molecule has 0 heterocycles. The first-order valence-corrected chi connectivity index (χ1v) is 8.23. The summed E-state index contributed by atoms with van der Waals surface area (Å²) in [7, 11) is -3.29. The molecule has 0 nitrogen and oxygen atoms in total. The number of alkyl halides is 13. The largest absolute Gasteiger partial charge is 0.381 e. The molecule has 15 heteroatoms. The first-order valence-electron chi connectivity index (χ1n) is 5.27. The second-order valence-electron chi connectivity index (χ2n) is 4.20. The van der Waals surface area contributed by atoms with Crippen LogP contribution in [-0.4, -0.2) is 57.1 Å². The monoisotopic (exact) mass is 412 g/mol. The molecule has 0 spiro atoms. The molecule has 140 valence electrons. The Hall–Kier alpha value is -0.403. The summed E-state index contributed by atoms with van der Waals surface area (Å²) in [6.07, 6.45) is -14.6. The van der Waals surface area contributed by atoms with Crippen molar-refractivity contribution < 1.29 is 57.1 Å². The molecule has 3 atom stereocenters. The molecule has 0 radical (unpaired) electrons. The highest BCUT2D eigenvalue weighted by atomic mass is 35.6. The van der Waals surface area contributed by atoms with Crippen LogP contribution in [0.1, 0.15) is 0 Å². The molecule has 0 saturated heterocycles. The molecule has 23 heavy (non-hydrogen) atoms. The van der Waals surface area contributed by atoms with Crippen LogP contribution in [0.3, 0.4) is 0 Å². The predicted octanol–water partition coefficient (Wildman–Crippen LogP) is 4.09. The molecule has 0 aromatic rings. The Kier molecular flexibility index (Phi) is 6.72. The van der Waals surface area contributed by atoms with E-state index in [1.807, 2.05) is 0 Å². The summed E-state index contributed by atoms with van der Waals surface area (Å²) in [5.41, 5.74) is 0. The van der Waals surface area contributed by atoms with Gasteiger partial charge < -0.3 is 0 Å². The Labute approximate surface area is 126 Å². The predicted molar refractivity (Wildman–Crippen MR) is 54.9 cm³/mol. The van der Waals surface area contributed by atoms with Crippen LogP contribution in [0.4, 0.5) is 57.1 Å². The number of rotatable bonds is 8. The van der Waals surface area contributed by atoms with Gasteiger partial charge in [-0.3, -0.25) is 0 Å². The van der Waals surface area contributed by atoms with E-state index in [2.05, 4.69) is 11.1 Å². The summed E-state index contributed by atoms with van der Waals surface area (Å²) in [4.78, 5) is 0. The molecule has 0 bridgehead atoms. The van der Waals surface area contributed by atoms with Gasteiger partial charge in [-0.05, 0) is 0 Å². The van der Waals surface area contributed by atoms with Crippen molar-refractivity contribution in [2.75, 3.05) is 0 Å². The fourth-order valence-electron chi connectivity index (χ4n) is 1.21. The Balaban J connectivity index is 5.93. The highest BCUT2D eigenvalue weighted by Gasteiger charge is 2.84. The van der Waals surface area contributed by atoms with E-state index in [0.717, 1.165) is 0 Å². The third-order valence-electron chi connectivity index (χ3n) is 2.63. The molecule has 0 aliphatic carbocycles. The topological polar surface area (TPSA) is 0 Å². The standard InChI is InChI=1S/C8H6ClF13Si/c9-23-4(14)6(17,18)8(21,22)7(19,20)5(15,16)2(11)1(10)3(12)13/h1-4H,23H2. The minimum Gasteiger partial charge on any atom is -0.244 e. The molecule has 0 N–H and O–H groups in total.